The van der Waals surface area contributed by atoms with Crippen molar-refractivity contribution < 1.29 is 19.7 Å². The van der Waals surface area contributed by atoms with Crippen molar-refractivity contribution in [3.63, 3.8) is 0 Å². The fourth-order valence-electron chi connectivity index (χ4n) is 3.29. The summed E-state index contributed by atoms with van der Waals surface area (Å²) in [6, 6.07) is 19.5. The number of carbonyl (C=O) groups is 1. The van der Waals surface area contributed by atoms with Crippen LogP contribution < -0.4 is 4.74 Å². The highest BCUT2D eigenvalue weighted by atomic mass is 16.5. The first kappa shape index (κ1) is 22.2. The molecule has 0 radical (unpaired) electrons. The van der Waals surface area contributed by atoms with Gasteiger partial charge >= 0.3 is 5.97 Å². The summed E-state index contributed by atoms with van der Waals surface area (Å²) in [4.78, 5) is 12.7. The van der Waals surface area contributed by atoms with Crippen molar-refractivity contribution in [1.82, 2.24) is 0 Å². The van der Waals surface area contributed by atoms with Crippen LogP contribution in [0, 0.1) is 5.92 Å². The average Bonchev–Trinajstić information content (AvgIpc) is 2.72. The summed E-state index contributed by atoms with van der Waals surface area (Å²) in [7, 11) is 0. The molecule has 0 aliphatic carbocycles. The van der Waals surface area contributed by atoms with Crippen molar-refractivity contribution in [1.29, 1.82) is 0 Å². The van der Waals surface area contributed by atoms with Gasteiger partial charge in [0.1, 0.15) is 17.2 Å². The summed E-state index contributed by atoms with van der Waals surface area (Å²) in [6.45, 7) is 6.17. The molecule has 0 aliphatic heterocycles. The van der Waals surface area contributed by atoms with E-state index < -0.39 is 5.92 Å². The van der Waals surface area contributed by atoms with Gasteiger partial charge in [0.25, 0.3) is 0 Å². The number of rotatable bonds is 7. The highest BCUT2D eigenvalue weighted by Gasteiger charge is 2.18. The second-order valence-corrected chi connectivity index (χ2v) is 8.17. The van der Waals surface area contributed by atoms with E-state index in [9.17, 15) is 15.0 Å². The molecule has 0 aromatic heterocycles. The normalized spacial score (nSPS) is 12.3. The van der Waals surface area contributed by atoms with Crippen LogP contribution in [0.15, 0.2) is 66.7 Å². The summed E-state index contributed by atoms with van der Waals surface area (Å²) >= 11 is 0. The number of esters is 1. The third-order valence-electron chi connectivity index (χ3n) is 4.97. The van der Waals surface area contributed by atoms with Gasteiger partial charge in [-0.25, -0.2) is 0 Å². The second kappa shape index (κ2) is 9.98. The number of carbonyl (C=O) groups excluding carboxylic acids is 1. The van der Waals surface area contributed by atoms with Crippen molar-refractivity contribution in [2.24, 2.45) is 5.92 Å². The third kappa shape index (κ3) is 6.48. The fourth-order valence-corrected chi connectivity index (χ4v) is 3.29. The number of hydrogen-bond donors (Lipinski definition) is 2. The molecule has 3 rings (SSSR count). The summed E-state index contributed by atoms with van der Waals surface area (Å²) in [6.07, 6.45) is 4.66. The lowest BCUT2D eigenvalue weighted by Gasteiger charge is -2.13. The molecule has 3 aromatic rings. The van der Waals surface area contributed by atoms with E-state index in [0.717, 1.165) is 17.5 Å². The highest BCUT2D eigenvalue weighted by molar-refractivity contribution is 5.80. The Morgan fingerprint density at radius 1 is 0.839 bits per heavy atom. The molecule has 2 N–H and O–H groups in total. The van der Waals surface area contributed by atoms with Crippen LogP contribution in [0.3, 0.4) is 0 Å². The molecule has 31 heavy (non-hydrogen) atoms. The van der Waals surface area contributed by atoms with Crippen molar-refractivity contribution in [2.45, 2.75) is 33.1 Å². The number of aromatic hydroxyl groups is 2. The molecule has 0 saturated heterocycles. The monoisotopic (exact) mass is 416 g/mol. The van der Waals surface area contributed by atoms with E-state index in [1.54, 1.807) is 42.5 Å². The van der Waals surface area contributed by atoms with Gasteiger partial charge < -0.3 is 14.9 Å². The molecule has 0 fully saturated rings. The summed E-state index contributed by atoms with van der Waals surface area (Å²) in [5, 5.41) is 19.4. The van der Waals surface area contributed by atoms with Gasteiger partial charge in [0.15, 0.2) is 0 Å². The van der Waals surface area contributed by atoms with Crippen molar-refractivity contribution in [2.75, 3.05) is 0 Å². The van der Waals surface area contributed by atoms with Crippen LogP contribution in [0.2, 0.25) is 0 Å². The van der Waals surface area contributed by atoms with E-state index in [1.807, 2.05) is 25.1 Å². The Labute approximate surface area is 183 Å². The maximum Gasteiger partial charge on any atom is 0.318 e. The summed E-state index contributed by atoms with van der Waals surface area (Å²) in [5.74, 6) is 0.283. The Morgan fingerprint density at radius 2 is 1.48 bits per heavy atom. The Kier molecular flexibility index (Phi) is 7.14. The van der Waals surface area contributed by atoms with Crippen LogP contribution in [0.25, 0.3) is 12.2 Å². The number of hydrogen-bond acceptors (Lipinski definition) is 4. The number of ether oxygens (including phenoxy) is 1. The minimum atomic E-state index is -0.425. The molecule has 0 bridgehead atoms. The van der Waals surface area contributed by atoms with Gasteiger partial charge in [0, 0.05) is 6.07 Å². The van der Waals surface area contributed by atoms with Gasteiger partial charge in [0.2, 0.25) is 0 Å². The SMILES string of the molecule is CC(C)Cc1ccc([C@H](C)C(=O)Oc2cc(O)cc(C=Cc3ccc(O)cc3)c2)cc1. The van der Waals surface area contributed by atoms with Crippen molar-refractivity contribution in [3.8, 4) is 17.2 Å². The van der Waals surface area contributed by atoms with Crippen molar-refractivity contribution in [3.05, 3.63) is 89.0 Å². The molecule has 0 heterocycles. The van der Waals surface area contributed by atoms with E-state index in [4.69, 9.17) is 4.74 Å². The predicted molar refractivity (Wildman–Crippen MR) is 124 cm³/mol. The van der Waals surface area contributed by atoms with Gasteiger partial charge in [-0.15, -0.1) is 0 Å². The zero-order valence-corrected chi connectivity index (χ0v) is 18.1. The molecular formula is C27H28O4. The molecular weight excluding hydrogens is 388 g/mol. The molecule has 1 atom stereocenters. The van der Waals surface area contributed by atoms with Gasteiger partial charge in [-0.1, -0.05) is 62.4 Å². The van der Waals surface area contributed by atoms with Crippen LogP contribution in [0.4, 0.5) is 0 Å². The Balaban J connectivity index is 1.69. The predicted octanol–water partition coefficient (Wildman–Crippen LogP) is 6.18. The van der Waals surface area contributed by atoms with Crippen LogP contribution in [0.5, 0.6) is 17.2 Å². The third-order valence-corrected chi connectivity index (χ3v) is 4.97. The first-order valence-electron chi connectivity index (χ1n) is 10.4. The average molecular weight is 417 g/mol. The van der Waals surface area contributed by atoms with Crippen LogP contribution in [0.1, 0.15) is 48.9 Å². The van der Waals surface area contributed by atoms with Crippen LogP contribution in [-0.2, 0) is 11.2 Å². The minimum Gasteiger partial charge on any atom is -0.508 e. The van der Waals surface area contributed by atoms with Gasteiger partial charge in [-0.05, 0) is 65.8 Å². The van der Waals surface area contributed by atoms with Crippen LogP contribution in [-0.4, -0.2) is 16.2 Å². The molecule has 0 amide bonds. The minimum absolute atomic E-state index is 0.0151. The Bertz CT molecular complexity index is 1050. The zero-order chi connectivity index (χ0) is 22.4. The molecule has 0 aliphatic rings. The first-order valence-corrected chi connectivity index (χ1v) is 10.4. The summed E-state index contributed by atoms with van der Waals surface area (Å²) in [5.41, 5.74) is 3.73. The number of phenolic OH excluding ortho intramolecular Hbond substituents is 2. The van der Waals surface area contributed by atoms with Crippen molar-refractivity contribution >= 4 is 18.1 Å². The van der Waals surface area contributed by atoms with Gasteiger partial charge in [-0.2, -0.15) is 0 Å². The quantitative estimate of drug-likeness (QED) is 0.274. The maximum absolute atomic E-state index is 12.7. The Morgan fingerprint density at radius 3 is 2.13 bits per heavy atom. The lowest BCUT2D eigenvalue weighted by Crippen LogP contribution is -2.16. The van der Waals surface area contributed by atoms with E-state index in [1.165, 1.54) is 11.6 Å². The van der Waals surface area contributed by atoms with Crippen LogP contribution >= 0.6 is 0 Å². The molecule has 4 nitrogen and oxygen atoms in total. The number of phenols is 2. The molecule has 4 heteroatoms. The lowest BCUT2D eigenvalue weighted by atomic mass is 9.97. The first-order chi connectivity index (χ1) is 14.8. The largest absolute Gasteiger partial charge is 0.508 e. The lowest BCUT2D eigenvalue weighted by molar-refractivity contribution is -0.135. The fraction of sp³-hybridized carbons (Fsp3) is 0.222. The smallest absolute Gasteiger partial charge is 0.318 e. The molecule has 0 spiro atoms. The molecule has 160 valence electrons. The zero-order valence-electron chi connectivity index (χ0n) is 18.1. The summed E-state index contributed by atoms with van der Waals surface area (Å²) < 4.78 is 5.55. The Hall–Kier alpha value is -3.53. The van der Waals surface area contributed by atoms with E-state index in [-0.39, 0.29) is 17.5 Å². The van der Waals surface area contributed by atoms with Gasteiger partial charge in [-0.3, -0.25) is 4.79 Å². The molecule has 0 saturated carbocycles. The standard InChI is InChI=1S/C27H28O4/c1-18(2)14-21-6-10-23(11-7-21)19(3)27(30)31-26-16-22(15-25(29)17-26)5-4-20-8-12-24(28)13-9-20/h4-13,15-19,28-29H,14H2,1-3H3/t19-/m0/s1. The molecule has 3 aromatic carbocycles. The highest BCUT2D eigenvalue weighted by Crippen LogP contribution is 2.26. The number of benzene rings is 3. The van der Waals surface area contributed by atoms with Gasteiger partial charge in [0.05, 0.1) is 5.92 Å². The molecule has 0 unspecified atom stereocenters. The van der Waals surface area contributed by atoms with E-state index in [0.29, 0.717) is 17.2 Å². The topological polar surface area (TPSA) is 66.8 Å². The maximum atomic E-state index is 12.7. The second-order valence-electron chi connectivity index (χ2n) is 8.17. The van der Waals surface area contributed by atoms with E-state index in [2.05, 4.69) is 26.0 Å². The van der Waals surface area contributed by atoms with E-state index >= 15 is 0 Å².